The summed E-state index contributed by atoms with van der Waals surface area (Å²) in [6.07, 6.45) is 3.45. The highest BCUT2D eigenvalue weighted by molar-refractivity contribution is 5.80. The number of carboxylic acid groups (broad SMARTS) is 1. The SMILES string of the molecule is NCCCOCCCCOCCCNC(=O)CCC(=O)O. The topological polar surface area (TPSA) is 111 Å². The fourth-order valence-corrected chi connectivity index (χ4v) is 1.51. The van der Waals surface area contributed by atoms with E-state index in [9.17, 15) is 9.59 Å². The molecule has 21 heavy (non-hydrogen) atoms. The van der Waals surface area contributed by atoms with Crippen molar-refractivity contribution in [3.63, 3.8) is 0 Å². The van der Waals surface area contributed by atoms with Gasteiger partial charge in [0.05, 0.1) is 6.42 Å². The van der Waals surface area contributed by atoms with Crippen molar-refractivity contribution in [1.82, 2.24) is 5.32 Å². The predicted octanol–water partition coefficient (Wildman–Crippen LogP) is 0.520. The second-order valence-electron chi connectivity index (χ2n) is 4.67. The van der Waals surface area contributed by atoms with E-state index < -0.39 is 5.97 Å². The summed E-state index contributed by atoms with van der Waals surface area (Å²) in [5.41, 5.74) is 5.35. The molecule has 0 aromatic heterocycles. The molecule has 4 N–H and O–H groups in total. The highest BCUT2D eigenvalue weighted by Gasteiger charge is 2.03. The molecule has 0 aliphatic heterocycles. The second kappa shape index (κ2) is 15.2. The van der Waals surface area contributed by atoms with Gasteiger partial charge in [0.1, 0.15) is 0 Å². The first-order valence-electron chi connectivity index (χ1n) is 7.51. The molecule has 7 nitrogen and oxygen atoms in total. The summed E-state index contributed by atoms with van der Waals surface area (Å²) < 4.78 is 10.8. The Bertz CT molecular complexity index is 274. The summed E-state index contributed by atoms with van der Waals surface area (Å²) in [5, 5.41) is 11.1. The predicted molar refractivity (Wildman–Crippen MR) is 79.0 cm³/mol. The number of nitrogens with two attached hydrogens (primary N) is 1. The van der Waals surface area contributed by atoms with E-state index in [2.05, 4.69) is 5.32 Å². The Kier molecular flexibility index (Phi) is 14.4. The summed E-state index contributed by atoms with van der Waals surface area (Å²) in [6, 6.07) is 0. The Morgan fingerprint density at radius 3 is 2.05 bits per heavy atom. The minimum absolute atomic E-state index is 0.0281. The molecule has 7 heteroatoms. The van der Waals surface area contributed by atoms with Gasteiger partial charge in [0.25, 0.3) is 0 Å². The van der Waals surface area contributed by atoms with Crippen molar-refractivity contribution in [2.75, 3.05) is 39.5 Å². The van der Waals surface area contributed by atoms with Gasteiger partial charge >= 0.3 is 5.97 Å². The number of rotatable bonds is 15. The smallest absolute Gasteiger partial charge is 0.303 e. The maximum absolute atomic E-state index is 11.2. The van der Waals surface area contributed by atoms with E-state index in [-0.39, 0.29) is 18.7 Å². The molecule has 0 saturated heterocycles. The van der Waals surface area contributed by atoms with Crippen LogP contribution >= 0.6 is 0 Å². The normalized spacial score (nSPS) is 10.5. The van der Waals surface area contributed by atoms with Crippen LogP contribution < -0.4 is 11.1 Å². The Morgan fingerprint density at radius 1 is 0.905 bits per heavy atom. The van der Waals surface area contributed by atoms with Gasteiger partial charge in [-0.05, 0) is 32.2 Å². The van der Waals surface area contributed by atoms with Crippen molar-refractivity contribution in [2.45, 2.75) is 38.5 Å². The van der Waals surface area contributed by atoms with E-state index in [0.717, 1.165) is 38.9 Å². The number of nitrogens with one attached hydrogen (secondary N) is 1. The van der Waals surface area contributed by atoms with Crippen molar-refractivity contribution in [2.24, 2.45) is 5.73 Å². The zero-order chi connectivity index (χ0) is 15.8. The number of carbonyl (C=O) groups is 2. The highest BCUT2D eigenvalue weighted by atomic mass is 16.5. The quantitative estimate of drug-likeness (QED) is 0.380. The van der Waals surface area contributed by atoms with Crippen LogP contribution in [-0.4, -0.2) is 56.5 Å². The molecule has 0 aromatic rings. The summed E-state index contributed by atoms with van der Waals surface area (Å²) in [4.78, 5) is 21.5. The monoisotopic (exact) mass is 304 g/mol. The molecule has 0 aromatic carbocycles. The summed E-state index contributed by atoms with van der Waals surface area (Å²) >= 11 is 0. The van der Waals surface area contributed by atoms with Crippen LogP contribution in [0.3, 0.4) is 0 Å². The van der Waals surface area contributed by atoms with Gasteiger partial charge in [0, 0.05) is 39.4 Å². The maximum atomic E-state index is 11.2. The van der Waals surface area contributed by atoms with Gasteiger partial charge in [-0.1, -0.05) is 0 Å². The largest absolute Gasteiger partial charge is 0.481 e. The van der Waals surface area contributed by atoms with Crippen molar-refractivity contribution >= 4 is 11.9 Å². The Labute approximate surface area is 126 Å². The molecule has 0 heterocycles. The summed E-state index contributed by atoms with van der Waals surface area (Å²) in [5.74, 6) is -1.19. The van der Waals surface area contributed by atoms with Gasteiger partial charge in [-0.2, -0.15) is 0 Å². The van der Waals surface area contributed by atoms with Gasteiger partial charge in [-0.25, -0.2) is 0 Å². The summed E-state index contributed by atoms with van der Waals surface area (Å²) in [6.45, 7) is 3.92. The third kappa shape index (κ3) is 16.8. The molecule has 0 fully saturated rings. The van der Waals surface area contributed by atoms with E-state index in [1.165, 1.54) is 0 Å². The van der Waals surface area contributed by atoms with Crippen molar-refractivity contribution in [3.8, 4) is 0 Å². The molecule has 0 aliphatic rings. The first-order valence-corrected chi connectivity index (χ1v) is 7.51. The van der Waals surface area contributed by atoms with Gasteiger partial charge in [-0.15, -0.1) is 0 Å². The van der Waals surface area contributed by atoms with Gasteiger partial charge in [0.15, 0.2) is 0 Å². The zero-order valence-corrected chi connectivity index (χ0v) is 12.6. The van der Waals surface area contributed by atoms with Gasteiger partial charge in [0.2, 0.25) is 5.91 Å². The van der Waals surface area contributed by atoms with Gasteiger partial charge in [-0.3, -0.25) is 9.59 Å². The number of unbranched alkanes of at least 4 members (excludes halogenated alkanes) is 1. The number of carboxylic acids is 1. The van der Waals surface area contributed by atoms with E-state index >= 15 is 0 Å². The maximum Gasteiger partial charge on any atom is 0.303 e. The lowest BCUT2D eigenvalue weighted by atomic mass is 10.3. The molecule has 0 spiro atoms. The van der Waals surface area contributed by atoms with Crippen molar-refractivity contribution in [3.05, 3.63) is 0 Å². The van der Waals surface area contributed by atoms with E-state index in [4.69, 9.17) is 20.3 Å². The lowest BCUT2D eigenvalue weighted by molar-refractivity contribution is -0.138. The average molecular weight is 304 g/mol. The molecule has 0 radical (unpaired) electrons. The molecular formula is C14H28N2O5. The van der Waals surface area contributed by atoms with Crippen LogP contribution in [0.5, 0.6) is 0 Å². The molecular weight excluding hydrogens is 276 g/mol. The number of carbonyl (C=O) groups excluding carboxylic acids is 1. The number of hydrogen-bond acceptors (Lipinski definition) is 5. The fourth-order valence-electron chi connectivity index (χ4n) is 1.51. The number of amides is 1. The first kappa shape index (κ1) is 19.8. The van der Waals surface area contributed by atoms with Crippen molar-refractivity contribution < 1.29 is 24.2 Å². The number of aliphatic carboxylic acids is 1. The van der Waals surface area contributed by atoms with Crippen LogP contribution in [0.15, 0.2) is 0 Å². The Hall–Kier alpha value is -1.18. The van der Waals surface area contributed by atoms with E-state index in [1.807, 2.05) is 0 Å². The molecule has 0 saturated carbocycles. The lowest BCUT2D eigenvalue weighted by Crippen LogP contribution is -2.25. The zero-order valence-electron chi connectivity index (χ0n) is 12.6. The summed E-state index contributed by atoms with van der Waals surface area (Å²) in [7, 11) is 0. The Balaban J connectivity index is 3.12. The minimum atomic E-state index is -0.958. The van der Waals surface area contributed by atoms with E-state index in [1.54, 1.807) is 0 Å². The lowest BCUT2D eigenvalue weighted by Gasteiger charge is -2.06. The molecule has 0 aliphatic carbocycles. The third-order valence-electron chi connectivity index (χ3n) is 2.67. The molecule has 124 valence electrons. The molecule has 0 atom stereocenters. The first-order chi connectivity index (χ1) is 10.2. The van der Waals surface area contributed by atoms with Crippen LogP contribution in [0.25, 0.3) is 0 Å². The number of ether oxygens (including phenoxy) is 2. The molecule has 1 amide bonds. The van der Waals surface area contributed by atoms with Crippen LogP contribution in [0.1, 0.15) is 38.5 Å². The standard InChI is InChI=1S/C14H28N2O5/c15-7-3-11-20-9-1-2-10-21-12-4-8-16-13(17)5-6-14(18)19/h1-12,15H2,(H,16,17)(H,18,19). The van der Waals surface area contributed by atoms with Crippen LogP contribution in [0.2, 0.25) is 0 Å². The molecule has 0 unspecified atom stereocenters. The number of hydrogen-bond donors (Lipinski definition) is 3. The Morgan fingerprint density at radius 2 is 1.48 bits per heavy atom. The van der Waals surface area contributed by atoms with Gasteiger partial charge < -0.3 is 25.6 Å². The highest BCUT2D eigenvalue weighted by Crippen LogP contribution is 1.94. The third-order valence-corrected chi connectivity index (χ3v) is 2.67. The van der Waals surface area contributed by atoms with E-state index in [0.29, 0.717) is 26.3 Å². The second-order valence-corrected chi connectivity index (χ2v) is 4.67. The van der Waals surface area contributed by atoms with Crippen LogP contribution in [0.4, 0.5) is 0 Å². The minimum Gasteiger partial charge on any atom is -0.481 e. The van der Waals surface area contributed by atoms with Crippen LogP contribution in [0, 0.1) is 0 Å². The molecule has 0 rings (SSSR count). The van der Waals surface area contributed by atoms with Crippen molar-refractivity contribution in [1.29, 1.82) is 0 Å². The molecule has 0 bridgehead atoms. The average Bonchev–Trinajstić information content (AvgIpc) is 2.46. The van der Waals surface area contributed by atoms with Crippen LogP contribution in [-0.2, 0) is 19.1 Å². The fraction of sp³-hybridized carbons (Fsp3) is 0.857.